The minimum atomic E-state index is -4.20. The van der Waals surface area contributed by atoms with Crippen LogP contribution < -0.4 is 4.72 Å². The van der Waals surface area contributed by atoms with Gasteiger partial charge in [-0.3, -0.25) is 0 Å². The van der Waals surface area contributed by atoms with Crippen molar-refractivity contribution in [2.45, 2.75) is 37.4 Å². The van der Waals surface area contributed by atoms with E-state index in [1.807, 2.05) is 6.07 Å². The molecule has 2 heterocycles. The molecule has 1 saturated carbocycles. The number of halogens is 4. The van der Waals surface area contributed by atoms with Gasteiger partial charge in [0.25, 0.3) is 0 Å². The summed E-state index contributed by atoms with van der Waals surface area (Å²) in [7, 11) is 0. The van der Waals surface area contributed by atoms with E-state index in [1.165, 1.54) is 27.6 Å². The van der Waals surface area contributed by atoms with E-state index in [0.717, 1.165) is 49.1 Å². The number of fused-ring (bicyclic) bond motifs is 1. The number of alkyl halides is 3. The maximum Gasteiger partial charge on any atom is 0.402 e. The fourth-order valence-corrected chi connectivity index (χ4v) is 7.02. The van der Waals surface area contributed by atoms with Crippen molar-refractivity contribution < 1.29 is 17.6 Å². The Labute approximate surface area is 198 Å². The Kier molecular flexibility index (Phi) is 5.23. The maximum absolute atomic E-state index is 13.2. The monoisotopic (exact) mass is 489 g/mol. The molecule has 2 aliphatic carbocycles. The summed E-state index contributed by atoms with van der Waals surface area (Å²) in [5.41, 5.74) is 3.82. The number of aromatic nitrogens is 3. The van der Waals surface area contributed by atoms with Crippen molar-refractivity contribution in [1.29, 1.82) is 0 Å². The zero-order valence-corrected chi connectivity index (χ0v) is 19.0. The smallest absolute Gasteiger partial charge is 0.243 e. The van der Waals surface area contributed by atoms with Gasteiger partial charge in [-0.1, -0.05) is 12.1 Å². The summed E-state index contributed by atoms with van der Waals surface area (Å²) in [5, 5.41) is 4.57. The first kappa shape index (κ1) is 22.1. The van der Waals surface area contributed by atoms with Crippen LogP contribution in [0.2, 0.25) is 0 Å². The lowest BCUT2D eigenvalue weighted by Gasteiger charge is -2.34. The summed E-state index contributed by atoms with van der Waals surface area (Å²) in [5.74, 6) is 0.872. The van der Waals surface area contributed by atoms with Gasteiger partial charge in [-0.25, -0.2) is 23.1 Å². The van der Waals surface area contributed by atoms with Crippen molar-refractivity contribution >= 4 is 12.1 Å². The van der Waals surface area contributed by atoms with Crippen molar-refractivity contribution in [3.05, 3.63) is 65.7 Å². The molecule has 2 aromatic carbocycles. The van der Waals surface area contributed by atoms with Gasteiger partial charge in [0.2, 0.25) is 0 Å². The predicted molar refractivity (Wildman–Crippen MR) is 121 cm³/mol. The third-order valence-electron chi connectivity index (χ3n) is 7.46. The second-order valence-corrected chi connectivity index (χ2v) is 10.4. The number of benzene rings is 2. The molecule has 3 atom stereocenters. The molecule has 1 aromatic heterocycles. The first-order chi connectivity index (χ1) is 16.3. The first-order valence-corrected chi connectivity index (χ1v) is 12.1. The van der Waals surface area contributed by atoms with Crippen LogP contribution in [0.25, 0.3) is 17.1 Å². The van der Waals surface area contributed by atoms with Crippen LogP contribution in [0, 0.1) is 17.7 Å². The Bertz CT molecular complexity index is 1210. The highest BCUT2D eigenvalue weighted by molar-refractivity contribution is 7.95. The normalized spacial score (nSPS) is 26.7. The van der Waals surface area contributed by atoms with Gasteiger partial charge in [-0.15, -0.1) is 5.10 Å². The van der Waals surface area contributed by atoms with E-state index in [2.05, 4.69) is 26.9 Å². The molecule has 0 unspecified atom stereocenters. The highest BCUT2D eigenvalue weighted by atomic mass is 32.2. The van der Waals surface area contributed by atoms with Crippen LogP contribution in [-0.4, -0.2) is 43.9 Å². The van der Waals surface area contributed by atoms with Crippen molar-refractivity contribution in [2.75, 3.05) is 13.1 Å². The van der Waals surface area contributed by atoms with Crippen molar-refractivity contribution in [3.63, 3.8) is 0 Å². The molecule has 10 heteroatoms. The zero-order chi connectivity index (χ0) is 23.5. The Balaban J connectivity index is 1.25. The van der Waals surface area contributed by atoms with Crippen LogP contribution >= 0.6 is 12.1 Å². The molecule has 3 aliphatic rings. The largest absolute Gasteiger partial charge is 0.402 e. The molecule has 1 saturated heterocycles. The average Bonchev–Trinajstić information content (AvgIpc) is 3.47. The van der Waals surface area contributed by atoms with Crippen molar-refractivity contribution in [1.82, 2.24) is 23.8 Å². The van der Waals surface area contributed by atoms with Crippen LogP contribution in [0.3, 0.4) is 0 Å². The van der Waals surface area contributed by atoms with Crippen LogP contribution in [0.15, 0.2) is 48.8 Å². The highest BCUT2D eigenvalue weighted by Crippen LogP contribution is 2.51. The number of nitrogens with one attached hydrogen (secondary N) is 1. The molecule has 3 aromatic rings. The predicted octanol–water partition coefficient (Wildman–Crippen LogP) is 4.97. The molecule has 2 fully saturated rings. The molecule has 178 valence electrons. The second-order valence-electron chi connectivity index (χ2n) is 9.50. The summed E-state index contributed by atoms with van der Waals surface area (Å²) >= 11 is 1.13. The van der Waals surface area contributed by atoms with Gasteiger partial charge in [0.05, 0.1) is 5.69 Å². The lowest BCUT2D eigenvalue weighted by atomic mass is 9.79. The fraction of sp³-hybridized carbons (Fsp3) is 0.417. The number of rotatable bonds is 3. The van der Waals surface area contributed by atoms with Crippen LogP contribution in [0.4, 0.5) is 17.6 Å². The standard InChI is InChI=1S/C24H23F4N5S/c25-20-5-7-21(8-6-20)33-14-29-22(30-33)16-2-1-15-10-18-3-4-19(11-17(15)9-16)23(18)12-32(34-31-23)13-24(26,27)28/h1-2,5-9,14,18-19,31H,3-4,10-13H2/t18-,19+,23+/m0/s1. The summed E-state index contributed by atoms with van der Waals surface area (Å²) in [6.07, 6.45) is 1.14. The summed E-state index contributed by atoms with van der Waals surface area (Å²) in [6, 6.07) is 12.3. The Morgan fingerprint density at radius 2 is 1.76 bits per heavy atom. The number of hydrogen-bond acceptors (Lipinski definition) is 5. The van der Waals surface area contributed by atoms with Gasteiger partial charge >= 0.3 is 6.18 Å². The molecule has 0 amide bonds. The van der Waals surface area contributed by atoms with Crippen LogP contribution in [0.5, 0.6) is 0 Å². The van der Waals surface area contributed by atoms with E-state index in [0.29, 0.717) is 18.3 Å². The molecule has 1 aliphatic heterocycles. The Morgan fingerprint density at radius 1 is 1.03 bits per heavy atom. The summed E-state index contributed by atoms with van der Waals surface area (Å²) < 4.78 is 58.7. The molecule has 34 heavy (non-hydrogen) atoms. The topological polar surface area (TPSA) is 46.0 Å². The van der Waals surface area contributed by atoms with Crippen LogP contribution in [0.1, 0.15) is 24.0 Å². The van der Waals surface area contributed by atoms with E-state index >= 15 is 0 Å². The Morgan fingerprint density at radius 3 is 2.50 bits per heavy atom. The first-order valence-electron chi connectivity index (χ1n) is 11.3. The molecular formula is C24H23F4N5S. The third-order valence-corrected chi connectivity index (χ3v) is 8.45. The highest BCUT2D eigenvalue weighted by Gasteiger charge is 2.56. The second kappa shape index (κ2) is 8.07. The van der Waals surface area contributed by atoms with Gasteiger partial charge in [0.1, 0.15) is 18.7 Å². The third kappa shape index (κ3) is 3.91. The van der Waals surface area contributed by atoms with E-state index in [4.69, 9.17) is 0 Å². The van der Waals surface area contributed by atoms with E-state index in [1.54, 1.807) is 23.1 Å². The van der Waals surface area contributed by atoms with Crippen molar-refractivity contribution in [3.8, 4) is 17.1 Å². The van der Waals surface area contributed by atoms with Crippen molar-refractivity contribution in [2.24, 2.45) is 11.8 Å². The summed E-state index contributed by atoms with van der Waals surface area (Å²) in [4.78, 5) is 4.45. The molecule has 6 rings (SSSR count). The molecule has 0 radical (unpaired) electrons. The van der Waals surface area contributed by atoms with Crippen LogP contribution in [-0.2, 0) is 12.8 Å². The SMILES string of the molecule is Fc1ccc(-n2cnc(-c3ccc4c(c3)C[C@H]3CC[C@@H](C4)[C@]34CN(CC(F)(F)F)SN4)n2)cc1. The van der Waals surface area contributed by atoms with Gasteiger partial charge in [-0.05, 0) is 79.0 Å². The van der Waals surface area contributed by atoms with Gasteiger partial charge in [-0.2, -0.15) is 13.2 Å². The quantitative estimate of drug-likeness (QED) is 0.416. The molecule has 2 bridgehead atoms. The van der Waals surface area contributed by atoms with Gasteiger partial charge < -0.3 is 0 Å². The average molecular weight is 490 g/mol. The minimum absolute atomic E-state index is 0.282. The maximum atomic E-state index is 13.2. The van der Waals surface area contributed by atoms with Gasteiger partial charge in [0, 0.05) is 29.8 Å². The number of nitrogens with zero attached hydrogens (tertiary/aromatic N) is 4. The fourth-order valence-electron chi connectivity index (χ4n) is 5.84. The van der Waals surface area contributed by atoms with Gasteiger partial charge in [0.15, 0.2) is 5.82 Å². The van der Waals surface area contributed by atoms with E-state index < -0.39 is 12.7 Å². The zero-order valence-electron chi connectivity index (χ0n) is 18.2. The lowest BCUT2D eigenvalue weighted by Crippen LogP contribution is -2.51. The van der Waals surface area contributed by atoms with E-state index in [-0.39, 0.29) is 17.3 Å². The molecular weight excluding hydrogens is 466 g/mol. The molecule has 1 spiro atoms. The minimum Gasteiger partial charge on any atom is -0.243 e. The lowest BCUT2D eigenvalue weighted by molar-refractivity contribution is -0.135. The number of hydrogen-bond donors (Lipinski definition) is 1. The summed E-state index contributed by atoms with van der Waals surface area (Å²) in [6.45, 7) is -0.484. The Hall–Kier alpha value is -2.43. The van der Waals surface area contributed by atoms with E-state index in [9.17, 15) is 17.6 Å². The molecule has 1 N–H and O–H groups in total. The molecule has 5 nitrogen and oxygen atoms in total.